The van der Waals surface area contributed by atoms with Crippen LogP contribution in [-0.4, -0.2) is 5.78 Å². The summed E-state index contributed by atoms with van der Waals surface area (Å²) in [7, 11) is 0. The van der Waals surface area contributed by atoms with E-state index in [1.165, 1.54) is 16.7 Å². The number of allylic oxidation sites excluding steroid dienone is 2. The zero-order valence-electron chi connectivity index (χ0n) is 9.99. The topological polar surface area (TPSA) is 17.1 Å². The second-order valence-electron chi connectivity index (χ2n) is 4.84. The lowest BCUT2D eigenvalue weighted by Gasteiger charge is -2.07. The maximum absolute atomic E-state index is 11.1. The van der Waals surface area contributed by atoms with Crippen molar-refractivity contribution in [1.82, 2.24) is 0 Å². The van der Waals surface area contributed by atoms with Gasteiger partial charge < -0.3 is 0 Å². The van der Waals surface area contributed by atoms with Crippen LogP contribution in [0.3, 0.4) is 0 Å². The van der Waals surface area contributed by atoms with Crippen molar-refractivity contribution in [1.29, 1.82) is 0 Å². The van der Waals surface area contributed by atoms with Gasteiger partial charge in [-0.05, 0) is 36.0 Å². The van der Waals surface area contributed by atoms with Crippen molar-refractivity contribution in [2.75, 3.05) is 0 Å². The van der Waals surface area contributed by atoms with Crippen LogP contribution < -0.4 is 0 Å². The zero-order valence-corrected chi connectivity index (χ0v) is 9.99. The molecular formula is C15H18O. The van der Waals surface area contributed by atoms with Crippen LogP contribution in [0.4, 0.5) is 0 Å². The minimum Gasteiger partial charge on any atom is -0.295 e. The Kier molecular flexibility index (Phi) is 3.23. The van der Waals surface area contributed by atoms with E-state index >= 15 is 0 Å². The molecule has 1 aliphatic rings. The summed E-state index contributed by atoms with van der Waals surface area (Å²) in [6.45, 7) is 4.40. The number of benzene rings is 1. The van der Waals surface area contributed by atoms with Crippen molar-refractivity contribution < 1.29 is 4.79 Å². The Labute approximate surface area is 97.2 Å². The van der Waals surface area contributed by atoms with Crippen molar-refractivity contribution in [3.8, 4) is 0 Å². The Balaban J connectivity index is 2.05. The molecule has 0 saturated carbocycles. The first-order valence-corrected chi connectivity index (χ1v) is 5.96. The first-order valence-electron chi connectivity index (χ1n) is 5.96. The average Bonchev–Trinajstić information content (AvgIpc) is 2.65. The summed E-state index contributed by atoms with van der Waals surface area (Å²) in [6, 6.07) is 8.74. The summed E-state index contributed by atoms with van der Waals surface area (Å²) < 4.78 is 0. The standard InChI is InChI=1S/C15H18O/c1-11(2)14-6-3-12(4-7-14)9-13-5-8-15(16)10-13/h3-4,6-7,10-11H,5,8-9H2,1-2H3. The molecule has 0 atom stereocenters. The molecule has 1 heteroatoms. The van der Waals surface area contributed by atoms with Gasteiger partial charge in [-0.2, -0.15) is 0 Å². The summed E-state index contributed by atoms with van der Waals surface area (Å²) in [4.78, 5) is 11.1. The Bertz CT molecular complexity index is 410. The number of ketones is 1. The number of carbonyl (C=O) groups is 1. The molecule has 2 rings (SSSR count). The van der Waals surface area contributed by atoms with E-state index in [0.29, 0.717) is 12.3 Å². The highest BCUT2D eigenvalue weighted by molar-refractivity contribution is 5.93. The molecule has 0 aliphatic heterocycles. The van der Waals surface area contributed by atoms with Crippen LogP contribution in [0.2, 0.25) is 0 Å². The van der Waals surface area contributed by atoms with Crippen molar-refractivity contribution in [3.63, 3.8) is 0 Å². The van der Waals surface area contributed by atoms with Gasteiger partial charge in [0.15, 0.2) is 5.78 Å². The summed E-state index contributed by atoms with van der Waals surface area (Å²) in [5, 5.41) is 0. The lowest BCUT2D eigenvalue weighted by Crippen LogP contribution is -1.91. The molecule has 0 radical (unpaired) electrons. The second kappa shape index (κ2) is 4.65. The first kappa shape index (κ1) is 11.1. The highest BCUT2D eigenvalue weighted by Gasteiger charge is 2.11. The fourth-order valence-corrected chi connectivity index (χ4v) is 2.08. The summed E-state index contributed by atoms with van der Waals surface area (Å²) in [5.74, 6) is 0.870. The molecule has 1 nitrogen and oxygen atoms in total. The van der Waals surface area contributed by atoms with Gasteiger partial charge in [-0.15, -0.1) is 0 Å². The highest BCUT2D eigenvalue weighted by Crippen LogP contribution is 2.21. The number of rotatable bonds is 3. The molecule has 84 valence electrons. The Morgan fingerprint density at radius 2 is 1.81 bits per heavy atom. The maximum Gasteiger partial charge on any atom is 0.155 e. The van der Waals surface area contributed by atoms with Crippen molar-refractivity contribution in [2.24, 2.45) is 0 Å². The van der Waals surface area contributed by atoms with Gasteiger partial charge in [0.1, 0.15) is 0 Å². The van der Waals surface area contributed by atoms with Crippen LogP contribution in [0, 0.1) is 0 Å². The van der Waals surface area contributed by atoms with E-state index < -0.39 is 0 Å². The minimum absolute atomic E-state index is 0.286. The van der Waals surface area contributed by atoms with Gasteiger partial charge in [0.25, 0.3) is 0 Å². The second-order valence-corrected chi connectivity index (χ2v) is 4.84. The van der Waals surface area contributed by atoms with E-state index in [-0.39, 0.29) is 5.78 Å². The van der Waals surface area contributed by atoms with E-state index in [4.69, 9.17) is 0 Å². The smallest absolute Gasteiger partial charge is 0.155 e. The van der Waals surface area contributed by atoms with Crippen LogP contribution in [0.1, 0.15) is 43.7 Å². The summed E-state index contributed by atoms with van der Waals surface area (Å²) in [5.41, 5.74) is 3.97. The maximum atomic E-state index is 11.1. The molecule has 1 aromatic rings. The molecule has 0 fully saturated rings. The predicted molar refractivity (Wildman–Crippen MR) is 66.6 cm³/mol. The zero-order chi connectivity index (χ0) is 11.5. The largest absolute Gasteiger partial charge is 0.295 e. The van der Waals surface area contributed by atoms with Crippen LogP contribution in [0.15, 0.2) is 35.9 Å². The van der Waals surface area contributed by atoms with Crippen LogP contribution in [0.25, 0.3) is 0 Å². The van der Waals surface area contributed by atoms with E-state index in [2.05, 4.69) is 38.1 Å². The van der Waals surface area contributed by atoms with Gasteiger partial charge in [-0.25, -0.2) is 0 Å². The SMILES string of the molecule is CC(C)c1ccc(CC2=CC(=O)CC2)cc1. The fourth-order valence-electron chi connectivity index (χ4n) is 2.08. The van der Waals surface area contributed by atoms with Crippen LogP contribution in [0.5, 0.6) is 0 Å². The summed E-state index contributed by atoms with van der Waals surface area (Å²) in [6.07, 6.45) is 4.41. The molecule has 0 bridgehead atoms. The number of hydrogen-bond donors (Lipinski definition) is 0. The van der Waals surface area contributed by atoms with E-state index in [0.717, 1.165) is 12.8 Å². The molecule has 16 heavy (non-hydrogen) atoms. The molecule has 0 N–H and O–H groups in total. The molecule has 0 amide bonds. The Morgan fingerprint density at radius 3 is 2.31 bits per heavy atom. The third kappa shape index (κ3) is 2.60. The third-order valence-electron chi connectivity index (χ3n) is 3.14. The quantitative estimate of drug-likeness (QED) is 0.750. The van der Waals surface area contributed by atoms with Crippen LogP contribution in [-0.2, 0) is 11.2 Å². The third-order valence-corrected chi connectivity index (χ3v) is 3.14. The molecule has 0 heterocycles. The number of hydrogen-bond acceptors (Lipinski definition) is 1. The average molecular weight is 214 g/mol. The van der Waals surface area contributed by atoms with Gasteiger partial charge in [0, 0.05) is 6.42 Å². The Hall–Kier alpha value is -1.37. The predicted octanol–water partition coefficient (Wildman–Crippen LogP) is 3.64. The van der Waals surface area contributed by atoms with E-state index in [9.17, 15) is 4.79 Å². The monoisotopic (exact) mass is 214 g/mol. The molecule has 0 spiro atoms. The van der Waals surface area contributed by atoms with E-state index in [1.54, 1.807) is 0 Å². The van der Waals surface area contributed by atoms with Gasteiger partial charge >= 0.3 is 0 Å². The molecule has 0 aromatic heterocycles. The highest BCUT2D eigenvalue weighted by atomic mass is 16.1. The van der Waals surface area contributed by atoms with Crippen molar-refractivity contribution in [2.45, 2.75) is 39.0 Å². The normalized spacial score (nSPS) is 15.7. The van der Waals surface area contributed by atoms with Gasteiger partial charge in [-0.1, -0.05) is 43.7 Å². The fraction of sp³-hybridized carbons (Fsp3) is 0.400. The molecule has 0 unspecified atom stereocenters. The lowest BCUT2D eigenvalue weighted by atomic mass is 9.99. The van der Waals surface area contributed by atoms with E-state index in [1.807, 2.05) is 6.08 Å². The molecular weight excluding hydrogens is 196 g/mol. The van der Waals surface area contributed by atoms with Crippen LogP contribution >= 0.6 is 0 Å². The molecule has 1 aliphatic carbocycles. The summed E-state index contributed by atoms with van der Waals surface area (Å²) >= 11 is 0. The lowest BCUT2D eigenvalue weighted by molar-refractivity contribution is -0.114. The Morgan fingerprint density at radius 1 is 1.12 bits per heavy atom. The molecule has 0 saturated heterocycles. The van der Waals surface area contributed by atoms with Crippen molar-refractivity contribution in [3.05, 3.63) is 47.0 Å². The minimum atomic E-state index is 0.286. The van der Waals surface area contributed by atoms with Gasteiger partial charge in [0.05, 0.1) is 0 Å². The van der Waals surface area contributed by atoms with Gasteiger partial charge in [0.2, 0.25) is 0 Å². The van der Waals surface area contributed by atoms with Crippen molar-refractivity contribution >= 4 is 5.78 Å². The molecule has 1 aromatic carbocycles. The first-order chi connectivity index (χ1) is 7.65. The van der Waals surface area contributed by atoms with Gasteiger partial charge in [-0.3, -0.25) is 4.79 Å². The number of carbonyl (C=O) groups excluding carboxylic acids is 1.